The van der Waals surface area contributed by atoms with Crippen LogP contribution in [0.3, 0.4) is 0 Å². The number of ether oxygens (including phenoxy) is 2. The summed E-state index contributed by atoms with van der Waals surface area (Å²) in [4.78, 5) is 33.2. The lowest BCUT2D eigenvalue weighted by molar-refractivity contribution is -0.193. The van der Waals surface area contributed by atoms with E-state index in [-0.39, 0.29) is 11.8 Å². The van der Waals surface area contributed by atoms with Gasteiger partial charge in [0, 0.05) is 24.8 Å². The van der Waals surface area contributed by atoms with Crippen LogP contribution in [0.5, 0.6) is 11.5 Å². The van der Waals surface area contributed by atoms with Gasteiger partial charge in [-0.25, -0.2) is 9.59 Å². The molecule has 0 saturated heterocycles. The van der Waals surface area contributed by atoms with E-state index in [1.54, 1.807) is 6.20 Å². The first-order valence-electron chi connectivity index (χ1n) is 14.6. The fourth-order valence-electron chi connectivity index (χ4n) is 4.35. The molecule has 2 heterocycles. The average molecular weight is 711 g/mol. The van der Waals surface area contributed by atoms with Gasteiger partial charge in [0.2, 0.25) is 5.91 Å². The number of carbonyl (C=O) groups excluding carboxylic acids is 1. The molecule has 1 aliphatic heterocycles. The number of benzene rings is 3. The van der Waals surface area contributed by atoms with E-state index in [9.17, 15) is 31.1 Å². The predicted molar refractivity (Wildman–Crippen MR) is 167 cm³/mol. The van der Waals surface area contributed by atoms with Crippen LogP contribution in [-0.4, -0.2) is 82.3 Å². The number of hydrogen-bond acceptors (Lipinski definition) is 7. The first-order chi connectivity index (χ1) is 23.5. The third-order valence-electron chi connectivity index (χ3n) is 6.83. The Kier molecular flexibility index (Phi) is 13.8. The zero-order chi connectivity index (χ0) is 36.9. The van der Waals surface area contributed by atoms with Crippen molar-refractivity contribution >= 4 is 23.5 Å². The Balaban J connectivity index is 0.000000408. The monoisotopic (exact) mass is 710 g/mol. The summed E-state index contributed by atoms with van der Waals surface area (Å²) in [5.74, 6) is -4.37. The minimum atomic E-state index is -5.08. The van der Waals surface area contributed by atoms with Crippen molar-refractivity contribution in [2.45, 2.75) is 25.3 Å². The van der Waals surface area contributed by atoms with Crippen molar-refractivity contribution in [3.05, 3.63) is 96.3 Å². The van der Waals surface area contributed by atoms with Crippen molar-refractivity contribution < 1.29 is 60.4 Å². The molecule has 268 valence electrons. The van der Waals surface area contributed by atoms with Gasteiger partial charge in [-0.15, -0.1) is 0 Å². The minimum Gasteiger partial charge on any atom is -0.492 e. The number of nitrogens with zero attached hydrogens (tertiary/aromatic N) is 2. The number of fused-ring (bicyclic) bond motifs is 1. The van der Waals surface area contributed by atoms with E-state index in [2.05, 4.69) is 39.6 Å². The van der Waals surface area contributed by atoms with Crippen LogP contribution in [0, 0.1) is 5.92 Å². The second kappa shape index (κ2) is 17.7. The first-order valence-corrected chi connectivity index (χ1v) is 14.6. The van der Waals surface area contributed by atoms with Gasteiger partial charge in [0.05, 0.1) is 17.8 Å². The number of para-hydroxylation sites is 1. The topological polar surface area (TPSA) is 154 Å². The molecule has 50 heavy (non-hydrogen) atoms. The minimum absolute atomic E-state index is 0.0772. The van der Waals surface area contributed by atoms with Gasteiger partial charge in [-0.1, -0.05) is 54.6 Å². The van der Waals surface area contributed by atoms with Crippen LogP contribution >= 0.6 is 0 Å². The van der Waals surface area contributed by atoms with Crippen LogP contribution in [0.4, 0.5) is 32.0 Å². The molecule has 1 unspecified atom stereocenters. The van der Waals surface area contributed by atoms with Gasteiger partial charge in [-0.3, -0.25) is 14.8 Å². The molecule has 5 rings (SSSR count). The zero-order valence-electron chi connectivity index (χ0n) is 26.3. The maximum absolute atomic E-state index is 13.2. The van der Waals surface area contributed by atoms with Crippen LogP contribution in [0.25, 0.3) is 11.1 Å². The number of alkyl halides is 6. The summed E-state index contributed by atoms with van der Waals surface area (Å²) in [7, 11) is 2.07. The molecule has 1 amide bonds. The highest BCUT2D eigenvalue weighted by Gasteiger charge is 2.39. The first kappa shape index (κ1) is 38.9. The number of hydrogen-bond donors (Lipinski definition) is 4. The highest BCUT2D eigenvalue weighted by atomic mass is 19.4. The molecule has 3 aromatic carbocycles. The Labute approximate surface area is 281 Å². The number of likely N-dealkylation sites (N-methyl/N-ethyl adjacent to an activating group) is 1. The largest absolute Gasteiger partial charge is 0.492 e. The van der Waals surface area contributed by atoms with E-state index in [1.165, 1.54) is 5.56 Å². The summed E-state index contributed by atoms with van der Waals surface area (Å²) in [6.07, 6.45) is -5.92. The molecule has 0 fully saturated rings. The average Bonchev–Trinajstić information content (AvgIpc) is 3.61. The molecular formula is C33H32F6N4O7. The molecule has 1 aliphatic rings. The Morgan fingerprint density at radius 3 is 2.16 bits per heavy atom. The van der Waals surface area contributed by atoms with E-state index < -0.39 is 24.3 Å². The lowest BCUT2D eigenvalue weighted by atomic mass is 9.96. The van der Waals surface area contributed by atoms with E-state index in [4.69, 9.17) is 29.3 Å². The number of H-pyrrole nitrogens is 1. The SMILES string of the molecule is CN(CCOc1cc(-c2cn[nH]c2)ccc1NC(=O)C1COc2ccccc2C1)Cc1ccccc1.O=C(O)C(F)(F)F.O=C(O)C(F)(F)F. The fourth-order valence-corrected chi connectivity index (χ4v) is 4.35. The number of aromatic nitrogens is 2. The Morgan fingerprint density at radius 1 is 0.940 bits per heavy atom. The Morgan fingerprint density at radius 2 is 1.56 bits per heavy atom. The number of anilines is 1. The number of carbonyl (C=O) groups is 3. The number of aliphatic carboxylic acids is 2. The molecule has 0 bridgehead atoms. The van der Waals surface area contributed by atoms with Crippen molar-refractivity contribution in [2.75, 3.05) is 32.1 Å². The zero-order valence-corrected chi connectivity index (χ0v) is 26.3. The summed E-state index contributed by atoms with van der Waals surface area (Å²) in [5, 5.41) is 24.2. The number of rotatable bonds is 9. The van der Waals surface area contributed by atoms with E-state index >= 15 is 0 Å². The second-order valence-corrected chi connectivity index (χ2v) is 10.7. The lowest BCUT2D eigenvalue weighted by Crippen LogP contribution is -2.32. The lowest BCUT2D eigenvalue weighted by Gasteiger charge is -2.25. The summed E-state index contributed by atoms with van der Waals surface area (Å²) in [5.41, 5.74) is 4.88. The summed E-state index contributed by atoms with van der Waals surface area (Å²) < 4.78 is 75.5. The van der Waals surface area contributed by atoms with E-state index in [0.717, 1.165) is 35.5 Å². The molecule has 0 aliphatic carbocycles. The summed E-state index contributed by atoms with van der Waals surface area (Å²) >= 11 is 0. The highest BCUT2D eigenvalue weighted by Crippen LogP contribution is 2.33. The van der Waals surface area contributed by atoms with Gasteiger partial charge in [-0.05, 0) is 48.4 Å². The van der Waals surface area contributed by atoms with Gasteiger partial charge in [0.15, 0.2) is 0 Å². The van der Waals surface area contributed by atoms with Crippen LogP contribution in [-0.2, 0) is 27.3 Å². The van der Waals surface area contributed by atoms with Crippen molar-refractivity contribution in [2.24, 2.45) is 5.92 Å². The van der Waals surface area contributed by atoms with Crippen LogP contribution in [0.2, 0.25) is 0 Å². The van der Waals surface area contributed by atoms with Gasteiger partial charge < -0.3 is 25.0 Å². The van der Waals surface area contributed by atoms with Crippen LogP contribution in [0.15, 0.2) is 85.2 Å². The van der Waals surface area contributed by atoms with Gasteiger partial charge in [0.25, 0.3) is 0 Å². The molecule has 1 aromatic heterocycles. The van der Waals surface area contributed by atoms with E-state index in [0.29, 0.717) is 31.1 Å². The molecule has 0 radical (unpaired) electrons. The molecule has 17 heteroatoms. The van der Waals surface area contributed by atoms with Crippen molar-refractivity contribution in [1.29, 1.82) is 0 Å². The van der Waals surface area contributed by atoms with Crippen LogP contribution < -0.4 is 14.8 Å². The molecular weight excluding hydrogens is 678 g/mol. The smallest absolute Gasteiger partial charge is 0.490 e. The molecule has 4 N–H and O–H groups in total. The molecule has 0 saturated carbocycles. The maximum atomic E-state index is 13.2. The number of aromatic amines is 1. The second-order valence-electron chi connectivity index (χ2n) is 10.7. The third kappa shape index (κ3) is 12.5. The van der Waals surface area contributed by atoms with Gasteiger partial charge in [-0.2, -0.15) is 31.4 Å². The number of amides is 1. The maximum Gasteiger partial charge on any atom is 0.490 e. The third-order valence-corrected chi connectivity index (χ3v) is 6.83. The summed E-state index contributed by atoms with van der Waals surface area (Å²) in [6.45, 7) is 2.43. The molecule has 0 spiro atoms. The predicted octanol–water partition coefficient (Wildman–Crippen LogP) is 6.04. The Bertz CT molecular complexity index is 1680. The van der Waals surface area contributed by atoms with Crippen LogP contribution in [0.1, 0.15) is 11.1 Å². The van der Waals surface area contributed by atoms with Crippen molar-refractivity contribution in [3.8, 4) is 22.6 Å². The van der Waals surface area contributed by atoms with Crippen molar-refractivity contribution in [3.63, 3.8) is 0 Å². The summed E-state index contributed by atoms with van der Waals surface area (Å²) in [6, 6.07) is 24.0. The quantitative estimate of drug-likeness (QED) is 0.152. The molecule has 4 aromatic rings. The molecule has 1 atom stereocenters. The highest BCUT2D eigenvalue weighted by molar-refractivity contribution is 5.95. The van der Waals surface area contributed by atoms with Crippen molar-refractivity contribution in [1.82, 2.24) is 15.1 Å². The Hall–Kier alpha value is -5.58. The fraction of sp³-hybridized carbons (Fsp3) is 0.273. The molecule has 11 nitrogen and oxygen atoms in total. The number of nitrogens with one attached hydrogen (secondary N) is 2. The van der Waals surface area contributed by atoms with E-state index in [1.807, 2.05) is 66.9 Å². The van der Waals surface area contributed by atoms with Gasteiger partial charge >= 0.3 is 24.3 Å². The number of carboxylic acid groups (broad SMARTS) is 2. The number of halogens is 6. The van der Waals surface area contributed by atoms with Gasteiger partial charge in [0.1, 0.15) is 24.7 Å². The normalized spacial score (nSPS) is 13.7. The number of carboxylic acids is 2. The standard InChI is InChI=1S/C29H30N4O3.2C2HF3O2/c1-33(19-21-7-3-2-4-8-21)13-14-35-28-16-22(25-17-30-31-18-25)11-12-26(28)32-29(34)24-15-23-9-5-6-10-27(23)36-20-24;2*3-2(4,5)1(6)7/h2-12,16-18,24H,13-15,19-20H2,1H3,(H,30,31)(H,32,34);2*(H,6,7).